The lowest BCUT2D eigenvalue weighted by Crippen LogP contribution is -2.14. The maximum atomic E-state index is 11.7. The molecule has 1 heterocycles. The Morgan fingerprint density at radius 1 is 1.42 bits per heavy atom. The Balaban J connectivity index is 2.31. The van der Waals surface area contributed by atoms with Gasteiger partial charge in [-0.05, 0) is 18.6 Å². The monoisotopic (exact) mass is 187 g/mol. The molecular formula is C9H14FNS. The topological polar surface area (TPSA) is 12.0 Å². The molecule has 1 rings (SSSR count). The van der Waals surface area contributed by atoms with Crippen LogP contribution < -0.4 is 5.32 Å². The normalized spacial score (nSPS) is 10.5. The van der Waals surface area contributed by atoms with Gasteiger partial charge in [0.2, 0.25) is 0 Å². The summed E-state index contributed by atoms with van der Waals surface area (Å²) in [5.74, 6) is 0. The van der Waals surface area contributed by atoms with Crippen LogP contribution in [0.5, 0.6) is 0 Å². The second-order valence-electron chi connectivity index (χ2n) is 2.59. The van der Waals surface area contributed by atoms with E-state index < -0.39 is 0 Å². The molecular weight excluding hydrogens is 173 g/mol. The Hall–Kier alpha value is -0.410. The molecule has 0 unspecified atom stereocenters. The predicted molar refractivity (Wildman–Crippen MR) is 51.4 cm³/mol. The molecule has 0 aliphatic carbocycles. The van der Waals surface area contributed by atoms with E-state index in [0.717, 1.165) is 13.0 Å². The first-order valence-electron chi connectivity index (χ1n) is 4.21. The maximum Gasteiger partial charge on any atom is 0.102 e. The number of hydrogen-bond donors (Lipinski definition) is 1. The van der Waals surface area contributed by atoms with E-state index in [1.807, 2.05) is 0 Å². The summed E-state index contributed by atoms with van der Waals surface area (Å²) in [7, 11) is 0. The fourth-order valence-corrected chi connectivity index (χ4v) is 1.91. The average Bonchev–Trinajstić information content (AvgIpc) is 2.53. The van der Waals surface area contributed by atoms with Crippen LogP contribution in [0, 0.1) is 0 Å². The molecule has 0 aliphatic heterocycles. The highest BCUT2D eigenvalue weighted by atomic mass is 32.1. The molecule has 0 aliphatic rings. The molecule has 0 fully saturated rings. The molecule has 0 aromatic carbocycles. The van der Waals surface area contributed by atoms with Gasteiger partial charge in [0.15, 0.2) is 0 Å². The van der Waals surface area contributed by atoms with Crippen LogP contribution in [0.2, 0.25) is 0 Å². The highest BCUT2D eigenvalue weighted by Crippen LogP contribution is 2.16. The first kappa shape index (κ1) is 9.68. The lowest BCUT2D eigenvalue weighted by molar-refractivity contribution is 0.467. The van der Waals surface area contributed by atoms with Crippen molar-refractivity contribution in [3.8, 4) is 0 Å². The Bertz CT molecular complexity index is 222. The number of nitrogens with one attached hydrogen (secondary N) is 1. The zero-order chi connectivity index (χ0) is 8.81. The van der Waals surface area contributed by atoms with Crippen molar-refractivity contribution in [1.82, 2.24) is 5.32 Å². The number of alkyl halides is 1. The number of hydrogen-bond acceptors (Lipinski definition) is 2. The highest BCUT2D eigenvalue weighted by molar-refractivity contribution is 7.11. The SMILES string of the molecule is CCc1ccc(CNCCF)s1. The quantitative estimate of drug-likeness (QED) is 0.698. The van der Waals surface area contributed by atoms with Crippen molar-refractivity contribution in [2.45, 2.75) is 19.9 Å². The molecule has 1 aromatic heterocycles. The lowest BCUT2D eigenvalue weighted by Gasteiger charge is -1.97. The van der Waals surface area contributed by atoms with Gasteiger partial charge < -0.3 is 5.32 Å². The molecule has 0 amide bonds. The summed E-state index contributed by atoms with van der Waals surface area (Å²) < 4.78 is 11.7. The molecule has 1 aromatic rings. The van der Waals surface area contributed by atoms with Crippen LogP contribution in [-0.4, -0.2) is 13.2 Å². The van der Waals surface area contributed by atoms with E-state index in [-0.39, 0.29) is 6.67 Å². The molecule has 68 valence electrons. The van der Waals surface area contributed by atoms with Gasteiger partial charge in [0.1, 0.15) is 6.67 Å². The fraction of sp³-hybridized carbons (Fsp3) is 0.556. The minimum Gasteiger partial charge on any atom is -0.309 e. The van der Waals surface area contributed by atoms with Gasteiger partial charge in [-0.15, -0.1) is 11.3 Å². The second kappa shape index (κ2) is 5.27. The maximum absolute atomic E-state index is 11.7. The van der Waals surface area contributed by atoms with Crippen LogP contribution in [0.15, 0.2) is 12.1 Å². The van der Waals surface area contributed by atoms with Gasteiger partial charge >= 0.3 is 0 Å². The van der Waals surface area contributed by atoms with E-state index in [0.29, 0.717) is 6.54 Å². The number of aryl methyl sites for hydroxylation is 1. The molecule has 3 heteroatoms. The molecule has 0 spiro atoms. The van der Waals surface area contributed by atoms with Gasteiger partial charge in [0, 0.05) is 22.8 Å². The number of rotatable bonds is 5. The minimum atomic E-state index is -0.286. The molecule has 0 radical (unpaired) electrons. The second-order valence-corrected chi connectivity index (χ2v) is 3.84. The molecule has 12 heavy (non-hydrogen) atoms. The smallest absolute Gasteiger partial charge is 0.102 e. The Labute approximate surface area is 76.6 Å². The fourth-order valence-electron chi connectivity index (χ4n) is 0.986. The van der Waals surface area contributed by atoms with Crippen LogP contribution in [-0.2, 0) is 13.0 Å². The van der Waals surface area contributed by atoms with Crippen LogP contribution in [0.4, 0.5) is 4.39 Å². The molecule has 0 saturated heterocycles. The third-order valence-electron chi connectivity index (χ3n) is 1.64. The van der Waals surface area contributed by atoms with Gasteiger partial charge in [-0.25, -0.2) is 4.39 Å². The Morgan fingerprint density at radius 2 is 2.17 bits per heavy atom. The van der Waals surface area contributed by atoms with Gasteiger partial charge in [-0.3, -0.25) is 0 Å². The van der Waals surface area contributed by atoms with Crippen molar-refractivity contribution < 1.29 is 4.39 Å². The summed E-state index contributed by atoms with van der Waals surface area (Å²) in [4.78, 5) is 2.69. The van der Waals surface area contributed by atoms with Crippen LogP contribution >= 0.6 is 11.3 Å². The van der Waals surface area contributed by atoms with E-state index in [2.05, 4.69) is 24.4 Å². The third kappa shape index (κ3) is 2.91. The first-order chi connectivity index (χ1) is 5.86. The third-order valence-corrected chi connectivity index (χ3v) is 2.87. The Kier molecular flexibility index (Phi) is 4.25. The van der Waals surface area contributed by atoms with Gasteiger partial charge in [-0.1, -0.05) is 6.92 Å². The van der Waals surface area contributed by atoms with E-state index in [9.17, 15) is 4.39 Å². The van der Waals surface area contributed by atoms with Crippen molar-refractivity contribution in [2.24, 2.45) is 0 Å². The van der Waals surface area contributed by atoms with E-state index >= 15 is 0 Å². The summed E-state index contributed by atoms with van der Waals surface area (Å²) in [5.41, 5.74) is 0. The Morgan fingerprint density at radius 3 is 2.75 bits per heavy atom. The molecule has 1 nitrogen and oxygen atoms in total. The number of halogens is 1. The van der Waals surface area contributed by atoms with Crippen LogP contribution in [0.1, 0.15) is 16.7 Å². The summed E-state index contributed by atoms with van der Waals surface area (Å²) in [6.45, 7) is 3.12. The zero-order valence-electron chi connectivity index (χ0n) is 7.27. The summed E-state index contributed by atoms with van der Waals surface area (Å²) in [5, 5.41) is 3.02. The van der Waals surface area contributed by atoms with Gasteiger partial charge in [0.25, 0.3) is 0 Å². The molecule has 0 saturated carbocycles. The van der Waals surface area contributed by atoms with Crippen molar-refractivity contribution in [3.63, 3.8) is 0 Å². The van der Waals surface area contributed by atoms with E-state index in [4.69, 9.17) is 0 Å². The van der Waals surface area contributed by atoms with E-state index in [1.54, 1.807) is 11.3 Å². The average molecular weight is 187 g/mol. The molecule has 0 bridgehead atoms. The van der Waals surface area contributed by atoms with Crippen molar-refractivity contribution in [3.05, 3.63) is 21.9 Å². The van der Waals surface area contributed by atoms with Crippen LogP contribution in [0.25, 0.3) is 0 Å². The van der Waals surface area contributed by atoms with Crippen molar-refractivity contribution in [2.75, 3.05) is 13.2 Å². The van der Waals surface area contributed by atoms with Crippen molar-refractivity contribution >= 4 is 11.3 Å². The standard InChI is InChI=1S/C9H14FNS/c1-2-8-3-4-9(12-8)7-11-6-5-10/h3-4,11H,2,5-7H2,1H3. The molecule has 1 N–H and O–H groups in total. The van der Waals surface area contributed by atoms with E-state index in [1.165, 1.54) is 9.75 Å². The summed E-state index contributed by atoms with van der Waals surface area (Å²) in [6, 6.07) is 4.24. The van der Waals surface area contributed by atoms with Gasteiger partial charge in [-0.2, -0.15) is 0 Å². The summed E-state index contributed by atoms with van der Waals surface area (Å²) >= 11 is 1.80. The van der Waals surface area contributed by atoms with Crippen LogP contribution in [0.3, 0.4) is 0 Å². The predicted octanol–water partition coefficient (Wildman–Crippen LogP) is 2.37. The largest absolute Gasteiger partial charge is 0.309 e. The molecule has 0 atom stereocenters. The first-order valence-corrected chi connectivity index (χ1v) is 5.02. The lowest BCUT2D eigenvalue weighted by atomic mass is 10.3. The summed E-state index contributed by atoms with van der Waals surface area (Å²) in [6.07, 6.45) is 1.09. The van der Waals surface area contributed by atoms with Crippen molar-refractivity contribution in [1.29, 1.82) is 0 Å². The number of thiophene rings is 1. The van der Waals surface area contributed by atoms with Gasteiger partial charge in [0.05, 0.1) is 0 Å². The zero-order valence-corrected chi connectivity index (χ0v) is 8.09. The minimum absolute atomic E-state index is 0.286. The highest BCUT2D eigenvalue weighted by Gasteiger charge is 1.96.